The molecule has 470 valence electrons. The number of alkyl halides is 1. The first-order valence-electron chi connectivity index (χ1n) is 28.3. The lowest BCUT2D eigenvalue weighted by Gasteiger charge is -2.36. The van der Waals surface area contributed by atoms with Gasteiger partial charge in [0.1, 0.15) is 48.0 Å². The van der Waals surface area contributed by atoms with Gasteiger partial charge in [-0.3, -0.25) is 57.5 Å². The molecular formula is C54H91ClN12O16. The van der Waals surface area contributed by atoms with E-state index in [0.717, 1.165) is 75.3 Å². The summed E-state index contributed by atoms with van der Waals surface area (Å²) in [6.45, 7) is 10.9. The van der Waals surface area contributed by atoms with Crippen LogP contribution in [0.3, 0.4) is 0 Å². The van der Waals surface area contributed by atoms with Gasteiger partial charge < -0.3 is 83.9 Å². The summed E-state index contributed by atoms with van der Waals surface area (Å²) in [6.07, 6.45) is -0.603. The fourth-order valence-electron chi connectivity index (χ4n) is 9.51. The van der Waals surface area contributed by atoms with E-state index in [2.05, 4.69) is 42.5 Å². The van der Waals surface area contributed by atoms with Crippen molar-refractivity contribution in [1.82, 2.24) is 52.3 Å². The van der Waals surface area contributed by atoms with Crippen molar-refractivity contribution in [2.75, 3.05) is 27.2 Å². The van der Waals surface area contributed by atoms with Crippen LogP contribution in [-0.4, -0.2) is 201 Å². The Labute approximate surface area is 490 Å². The first kappa shape index (κ1) is 72.6. The second-order valence-electron chi connectivity index (χ2n) is 21.7. The maximum Gasteiger partial charge on any atom is 0.268 e. The Morgan fingerprint density at radius 3 is 1.86 bits per heavy atom. The molecule has 12 amide bonds. The van der Waals surface area contributed by atoms with Gasteiger partial charge in [-0.25, -0.2) is 0 Å². The van der Waals surface area contributed by atoms with Crippen molar-refractivity contribution in [3.05, 3.63) is 11.8 Å². The number of likely N-dealkylation sites (N-methyl/N-ethyl adjacent to an activating group) is 1. The number of primary amides is 2. The number of allylic oxidation sites excluding steroid dienone is 1. The standard InChI is InChI=1S/C54H91ClN12O16/c1-11-32(55)20-17-15-13-14-16-19-28(5)41-45(73)52(80)62-40(27(3)4)49(77)59-33(12-2)47(75)64-43(30(7)69)51(79)65-42(29(6)68)50(78)60-34(22-23-37(56)70)46(74)58-26-39(72)61-44(31(8)83-10)54(82)66(9)36(25-38(57)71)53(81)67-24-18-21-35(67)48(76)63-41/h12,27-32,34-36,40-45,68-69,73H,11,13-26H2,1-10H3,(H2,56,70)(H2,57,71)(H,58,74)(H,59,77)(H,60,78)(H,61,72)(H,62,80)(H,63,76)(H,64,75)(H,65,79)/b33-12+/t28-,29+,30+,31+,32?,34-,35-,36-,40-,41+,42-,43-,44-,45+/m0/s1. The van der Waals surface area contributed by atoms with E-state index in [0.29, 0.717) is 12.8 Å². The molecule has 0 aromatic rings. The molecule has 0 bridgehead atoms. The van der Waals surface area contributed by atoms with Crippen molar-refractivity contribution in [2.24, 2.45) is 23.3 Å². The number of carbonyl (C=O) groups excluding carboxylic acids is 12. The number of nitrogens with zero attached hydrogens (tertiary/aromatic N) is 2. The summed E-state index contributed by atoms with van der Waals surface area (Å²) in [7, 11) is 2.38. The van der Waals surface area contributed by atoms with Gasteiger partial charge in [0.2, 0.25) is 59.1 Å². The molecule has 2 aliphatic heterocycles. The maximum atomic E-state index is 14.7. The van der Waals surface area contributed by atoms with Crippen LogP contribution in [0.15, 0.2) is 11.8 Å². The molecule has 0 aromatic carbocycles. The molecule has 2 heterocycles. The quantitative estimate of drug-likeness (QED) is 0.0333. The van der Waals surface area contributed by atoms with Gasteiger partial charge >= 0.3 is 0 Å². The number of nitrogens with one attached hydrogen (secondary N) is 8. The van der Waals surface area contributed by atoms with Crippen molar-refractivity contribution in [2.45, 2.75) is 217 Å². The Bertz CT molecular complexity index is 2310. The number of amides is 12. The van der Waals surface area contributed by atoms with Gasteiger partial charge in [0.25, 0.3) is 11.8 Å². The Hall–Kier alpha value is -6.49. The molecule has 15 N–H and O–H groups in total. The number of hydrogen-bond acceptors (Lipinski definition) is 16. The number of halogens is 1. The number of methoxy groups -OCH3 is 1. The number of nitrogens with two attached hydrogens (primary N) is 2. The van der Waals surface area contributed by atoms with Gasteiger partial charge in [-0.15, -0.1) is 11.6 Å². The molecule has 0 spiro atoms. The number of aliphatic hydroxyl groups is 3. The Kier molecular flexibility index (Phi) is 31.1. The SMILES string of the molecule is C/C=C1/NC(=O)[C@H](C(C)C)NC(=O)[C@H](O)[C@@H]([C@@H](C)CCCCCCCC(Cl)CC)NC(=O)[C@@H]2CCCN2C(=O)[C@H](CC(N)=O)N(C)C(=O)[C@H]([C@@H](C)OC)NC(=O)CNC(=O)[C@H](CCC(N)=O)NC(=O)[C@H]([C@@H](C)O)NC(=O)[C@H]([C@@H](C)O)NC1=O. The molecule has 2 aliphatic rings. The van der Waals surface area contributed by atoms with Crippen molar-refractivity contribution in [3.63, 3.8) is 0 Å². The third-order valence-electron chi connectivity index (χ3n) is 14.8. The van der Waals surface area contributed by atoms with Crippen molar-refractivity contribution >= 4 is 82.5 Å². The monoisotopic (exact) mass is 1200 g/mol. The highest BCUT2D eigenvalue weighted by molar-refractivity contribution is 6.20. The number of rotatable bonds is 20. The van der Waals surface area contributed by atoms with E-state index in [-0.39, 0.29) is 24.8 Å². The number of hydrogen-bond donors (Lipinski definition) is 13. The number of unbranched alkanes of at least 4 members (excludes halogenated alkanes) is 4. The highest BCUT2D eigenvalue weighted by Crippen LogP contribution is 2.25. The molecule has 0 aromatic heterocycles. The average Bonchev–Trinajstić information content (AvgIpc) is 4.16. The molecule has 28 nitrogen and oxygen atoms in total. The van der Waals surface area contributed by atoms with E-state index < -0.39 is 187 Å². The van der Waals surface area contributed by atoms with Crippen LogP contribution in [0, 0.1) is 11.8 Å². The lowest BCUT2D eigenvalue weighted by molar-refractivity contribution is -0.151. The third kappa shape index (κ3) is 22.9. The number of fused-ring (bicyclic) bond motifs is 1. The second kappa shape index (κ2) is 35.6. The number of carbonyl (C=O) groups is 12. The first-order valence-corrected chi connectivity index (χ1v) is 28.8. The molecule has 0 saturated carbocycles. The Balaban J connectivity index is 2.79. The van der Waals surface area contributed by atoms with E-state index in [4.69, 9.17) is 27.8 Å². The van der Waals surface area contributed by atoms with Gasteiger partial charge in [0.15, 0.2) is 6.10 Å². The average molecular weight is 1200 g/mol. The summed E-state index contributed by atoms with van der Waals surface area (Å²) < 4.78 is 5.40. The van der Waals surface area contributed by atoms with E-state index >= 15 is 0 Å². The van der Waals surface area contributed by atoms with Crippen LogP contribution in [-0.2, 0) is 62.3 Å². The minimum Gasteiger partial charge on any atom is -0.391 e. The minimum atomic E-state index is -2.02. The number of ether oxygens (including phenoxy) is 1. The fourth-order valence-corrected chi connectivity index (χ4v) is 9.67. The summed E-state index contributed by atoms with van der Waals surface area (Å²) >= 11 is 6.30. The van der Waals surface area contributed by atoms with Crippen LogP contribution in [0.4, 0.5) is 0 Å². The molecule has 1 unspecified atom stereocenters. The summed E-state index contributed by atoms with van der Waals surface area (Å²) in [4.78, 5) is 167. The van der Waals surface area contributed by atoms with Crippen molar-refractivity contribution in [1.29, 1.82) is 0 Å². The predicted molar refractivity (Wildman–Crippen MR) is 302 cm³/mol. The van der Waals surface area contributed by atoms with Gasteiger partial charge in [-0.05, 0) is 78.1 Å². The predicted octanol–water partition coefficient (Wildman–Crippen LogP) is -2.80. The van der Waals surface area contributed by atoms with Crippen LogP contribution in [0.5, 0.6) is 0 Å². The molecule has 83 heavy (non-hydrogen) atoms. The summed E-state index contributed by atoms with van der Waals surface area (Å²) in [6, 6.07) is -12.8. The van der Waals surface area contributed by atoms with Gasteiger partial charge in [0.05, 0.1) is 37.3 Å². The molecule has 2 rings (SSSR count). The van der Waals surface area contributed by atoms with E-state index in [1.807, 2.05) is 6.92 Å². The van der Waals surface area contributed by atoms with Gasteiger partial charge in [-0.1, -0.05) is 65.9 Å². The molecular weight excluding hydrogens is 1110 g/mol. The minimum absolute atomic E-state index is 0.0427. The zero-order valence-corrected chi connectivity index (χ0v) is 50.2. The normalized spacial score (nSPS) is 27.3. The molecule has 14 atom stereocenters. The molecule has 2 saturated heterocycles. The largest absolute Gasteiger partial charge is 0.391 e. The summed E-state index contributed by atoms with van der Waals surface area (Å²) in [5, 5.41) is 52.6. The first-order chi connectivity index (χ1) is 38.9. The van der Waals surface area contributed by atoms with Crippen LogP contribution in [0.25, 0.3) is 0 Å². The topological polar surface area (TPSA) is 430 Å². The van der Waals surface area contributed by atoms with Crippen molar-refractivity contribution in [3.8, 4) is 0 Å². The smallest absolute Gasteiger partial charge is 0.268 e. The number of aliphatic hydroxyl groups excluding tert-OH is 3. The highest BCUT2D eigenvalue weighted by atomic mass is 35.5. The summed E-state index contributed by atoms with van der Waals surface area (Å²) in [5.74, 6) is -13.7. The van der Waals surface area contributed by atoms with Crippen molar-refractivity contribution < 1.29 is 77.6 Å². The zero-order chi connectivity index (χ0) is 63.0. The van der Waals surface area contributed by atoms with Crippen LogP contribution < -0.4 is 54.0 Å². The second-order valence-corrected chi connectivity index (χ2v) is 22.4. The fraction of sp³-hybridized carbons (Fsp3) is 0.741. The van der Waals surface area contributed by atoms with Crippen LogP contribution in [0.2, 0.25) is 0 Å². The third-order valence-corrected chi connectivity index (χ3v) is 15.3. The van der Waals surface area contributed by atoms with E-state index in [1.165, 1.54) is 21.0 Å². The zero-order valence-electron chi connectivity index (χ0n) is 49.4. The van der Waals surface area contributed by atoms with E-state index in [1.54, 1.807) is 20.8 Å². The van der Waals surface area contributed by atoms with Crippen LogP contribution in [0.1, 0.15) is 139 Å². The van der Waals surface area contributed by atoms with E-state index in [9.17, 15) is 72.9 Å². The Morgan fingerprint density at radius 1 is 0.723 bits per heavy atom. The van der Waals surface area contributed by atoms with Gasteiger partial charge in [-0.2, -0.15) is 0 Å². The van der Waals surface area contributed by atoms with Crippen LogP contribution >= 0.6 is 11.6 Å². The van der Waals surface area contributed by atoms with Gasteiger partial charge in [0, 0.05) is 32.5 Å². The maximum absolute atomic E-state index is 14.7. The molecule has 0 radical (unpaired) electrons. The molecule has 2 fully saturated rings. The molecule has 0 aliphatic carbocycles. The lowest BCUT2D eigenvalue weighted by atomic mass is 9.90. The molecule has 29 heteroatoms. The lowest BCUT2D eigenvalue weighted by Crippen LogP contribution is -2.62. The summed E-state index contributed by atoms with van der Waals surface area (Å²) in [5.41, 5.74) is 10.5. The Morgan fingerprint density at radius 2 is 1.30 bits per heavy atom. The highest BCUT2D eigenvalue weighted by Gasteiger charge is 2.44.